The summed E-state index contributed by atoms with van der Waals surface area (Å²) in [5, 5.41) is 0. The summed E-state index contributed by atoms with van der Waals surface area (Å²) in [6.45, 7) is 0. The minimum Gasteiger partial charge on any atom is -0.294 e. The molecule has 0 amide bonds. The summed E-state index contributed by atoms with van der Waals surface area (Å²) in [5.41, 5.74) is 2.73. The van der Waals surface area contributed by atoms with E-state index in [4.69, 9.17) is 0 Å². The van der Waals surface area contributed by atoms with E-state index in [1.807, 2.05) is 0 Å². The third-order valence-corrected chi connectivity index (χ3v) is 6.41. The van der Waals surface area contributed by atoms with Crippen molar-refractivity contribution in [2.75, 3.05) is 11.5 Å². The molecule has 21 heavy (non-hydrogen) atoms. The molecule has 0 fully saturated rings. The van der Waals surface area contributed by atoms with Crippen LogP contribution in [0, 0.1) is 11.8 Å². The normalized spacial score (nSPS) is 29.9. The summed E-state index contributed by atoms with van der Waals surface area (Å²) in [4.78, 5) is 25.2. The molecule has 0 N–H and O–H groups in total. The Hall–Kier alpha value is -1.75. The summed E-state index contributed by atoms with van der Waals surface area (Å²) in [6.07, 6.45) is 0.857. The van der Waals surface area contributed by atoms with Gasteiger partial charge < -0.3 is 0 Å². The van der Waals surface area contributed by atoms with Crippen LogP contribution in [0.1, 0.15) is 33.6 Å². The van der Waals surface area contributed by atoms with Crippen LogP contribution in [-0.2, 0) is 9.84 Å². The molecule has 0 radical (unpaired) electrons. The number of benzene rings is 1. The molecular weight excluding hydrogens is 288 g/mol. The van der Waals surface area contributed by atoms with Gasteiger partial charge in [-0.15, -0.1) is 0 Å². The Morgan fingerprint density at radius 2 is 1.24 bits per heavy atom. The van der Waals surface area contributed by atoms with Crippen LogP contribution in [0.25, 0.3) is 0 Å². The van der Waals surface area contributed by atoms with Gasteiger partial charge in [-0.25, -0.2) is 8.42 Å². The maximum absolute atomic E-state index is 12.6. The van der Waals surface area contributed by atoms with Crippen molar-refractivity contribution in [3.8, 4) is 0 Å². The van der Waals surface area contributed by atoms with E-state index < -0.39 is 9.84 Å². The fourth-order valence-corrected chi connectivity index (χ4v) is 5.68. The Balaban J connectivity index is 1.78. The van der Waals surface area contributed by atoms with Gasteiger partial charge in [0.25, 0.3) is 0 Å². The average molecular weight is 302 g/mol. The van der Waals surface area contributed by atoms with E-state index in [2.05, 4.69) is 0 Å². The van der Waals surface area contributed by atoms with Crippen molar-refractivity contribution in [1.82, 2.24) is 0 Å². The average Bonchev–Trinajstić information content (AvgIpc) is 2.76. The number of Topliss-reactive ketones (excluding diaryl/α,β-unsaturated/α-hetero) is 2. The molecule has 4 nitrogen and oxygen atoms in total. The van der Waals surface area contributed by atoms with Crippen molar-refractivity contribution in [3.63, 3.8) is 0 Å². The Kier molecular flexibility index (Phi) is 2.55. The zero-order chi connectivity index (χ0) is 14.8. The van der Waals surface area contributed by atoms with E-state index in [1.54, 1.807) is 24.3 Å². The van der Waals surface area contributed by atoms with Gasteiger partial charge in [-0.1, -0.05) is 35.4 Å². The van der Waals surface area contributed by atoms with E-state index >= 15 is 0 Å². The largest absolute Gasteiger partial charge is 0.294 e. The van der Waals surface area contributed by atoms with Gasteiger partial charge in [-0.05, 0) is 12.8 Å². The number of ketones is 2. The zero-order valence-corrected chi connectivity index (χ0v) is 12.2. The van der Waals surface area contributed by atoms with Gasteiger partial charge >= 0.3 is 0 Å². The molecule has 0 aromatic heterocycles. The van der Waals surface area contributed by atoms with Crippen molar-refractivity contribution >= 4 is 21.4 Å². The lowest BCUT2D eigenvalue weighted by Crippen LogP contribution is -2.39. The summed E-state index contributed by atoms with van der Waals surface area (Å²) in [7, 11) is -3.07. The molecule has 1 aliphatic heterocycles. The van der Waals surface area contributed by atoms with Gasteiger partial charge in [0.05, 0.1) is 11.5 Å². The first-order valence-electron chi connectivity index (χ1n) is 7.04. The molecule has 1 heterocycles. The van der Waals surface area contributed by atoms with Crippen LogP contribution in [-0.4, -0.2) is 31.5 Å². The highest BCUT2D eigenvalue weighted by molar-refractivity contribution is 7.92. The fraction of sp³-hybridized carbons (Fsp3) is 0.375. The second kappa shape index (κ2) is 4.13. The Morgan fingerprint density at radius 1 is 0.810 bits per heavy atom. The minimum absolute atomic E-state index is 0.00829. The third-order valence-electron chi connectivity index (χ3n) is 4.84. The maximum Gasteiger partial charge on any atom is 0.167 e. The summed E-state index contributed by atoms with van der Waals surface area (Å²) in [5.74, 6) is -0.639. The number of carbonyl (C=O) groups is 2. The fourth-order valence-electron chi connectivity index (χ4n) is 3.87. The molecule has 2 aliphatic carbocycles. The van der Waals surface area contributed by atoms with Gasteiger partial charge in [-0.3, -0.25) is 9.59 Å². The summed E-state index contributed by atoms with van der Waals surface area (Å²) < 4.78 is 23.5. The molecule has 0 bridgehead atoms. The van der Waals surface area contributed by atoms with Gasteiger partial charge in [0.15, 0.2) is 21.4 Å². The number of rotatable bonds is 0. The SMILES string of the molecule is O=C1c2ccccc2C(=O)[C@H]2CC3=C(C[C@H]12)CS(=O)(=O)C3. The van der Waals surface area contributed by atoms with Crippen molar-refractivity contribution in [3.05, 3.63) is 46.5 Å². The molecule has 2 atom stereocenters. The maximum atomic E-state index is 12.6. The molecule has 3 aliphatic rings. The molecule has 0 saturated carbocycles. The van der Waals surface area contributed by atoms with Crippen molar-refractivity contribution in [2.45, 2.75) is 12.8 Å². The van der Waals surface area contributed by atoms with Crippen LogP contribution < -0.4 is 0 Å². The number of hydrogen-bond acceptors (Lipinski definition) is 4. The van der Waals surface area contributed by atoms with E-state index in [-0.39, 0.29) is 34.9 Å². The smallest absolute Gasteiger partial charge is 0.167 e. The molecule has 0 spiro atoms. The standard InChI is InChI=1S/C16H14O4S/c17-15-11-3-1-2-4-12(11)16(18)14-6-10-8-21(19,20)7-9(10)5-13(14)15/h1-4,13-14H,5-8H2/t13-,14-/m0/s1. The highest BCUT2D eigenvalue weighted by Gasteiger charge is 2.46. The third kappa shape index (κ3) is 1.83. The number of carbonyl (C=O) groups excluding carboxylic acids is 2. The Morgan fingerprint density at radius 3 is 1.67 bits per heavy atom. The first-order valence-corrected chi connectivity index (χ1v) is 8.86. The molecule has 4 rings (SSSR count). The second-order valence-corrected chi connectivity index (χ2v) is 8.20. The van der Waals surface area contributed by atoms with E-state index in [0.29, 0.717) is 24.0 Å². The molecule has 5 heteroatoms. The van der Waals surface area contributed by atoms with Crippen molar-refractivity contribution in [2.24, 2.45) is 11.8 Å². The van der Waals surface area contributed by atoms with Gasteiger partial charge in [0, 0.05) is 23.0 Å². The highest BCUT2D eigenvalue weighted by atomic mass is 32.2. The lowest BCUT2D eigenvalue weighted by Gasteiger charge is -2.34. The van der Waals surface area contributed by atoms with E-state index in [0.717, 1.165) is 11.1 Å². The van der Waals surface area contributed by atoms with E-state index in [9.17, 15) is 18.0 Å². The van der Waals surface area contributed by atoms with Crippen LogP contribution in [0.2, 0.25) is 0 Å². The second-order valence-electron chi connectivity index (χ2n) is 6.13. The van der Waals surface area contributed by atoms with Crippen LogP contribution in [0.3, 0.4) is 0 Å². The topological polar surface area (TPSA) is 68.3 Å². The number of fused-ring (bicyclic) bond motifs is 2. The lowest BCUT2D eigenvalue weighted by atomic mass is 9.66. The molecular formula is C16H14O4S. The van der Waals surface area contributed by atoms with Crippen molar-refractivity contribution in [1.29, 1.82) is 0 Å². The molecule has 0 saturated heterocycles. The molecule has 1 aromatic rings. The van der Waals surface area contributed by atoms with E-state index in [1.165, 1.54) is 0 Å². The highest BCUT2D eigenvalue weighted by Crippen LogP contribution is 2.44. The number of sulfone groups is 1. The monoisotopic (exact) mass is 302 g/mol. The van der Waals surface area contributed by atoms with Crippen LogP contribution >= 0.6 is 0 Å². The number of hydrogen-bond donors (Lipinski definition) is 0. The van der Waals surface area contributed by atoms with Crippen molar-refractivity contribution < 1.29 is 18.0 Å². The quantitative estimate of drug-likeness (QED) is 0.686. The van der Waals surface area contributed by atoms with Crippen LogP contribution in [0.4, 0.5) is 0 Å². The van der Waals surface area contributed by atoms with Gasteiger partial charge in [-0.2, -0.15) is 0 Å². The van der Waals surface area contributed by atoms with Gasteiger partial charge in [0.2, 0.25) is 0 Å². The van der Waals surface area contributed by atoms with Crippen LogP contribution in [0.5, 0.6) is 0 Å². The molecule has 1 aromatic carbocycles. The minimum atomic E-state index is -3.07. The molecule has 108 valence electrons. The predicted molar refractivity (Wildman–Crippen MR) is 77.0 cm³/mol. The Labute approximate surface area is 122 Å². The zero-order valence-electron chi connectivity index (χ0n) is 11.3. The summed E-state index contributed by atoms with van der Waals surface area (Å²) >= 11 is 0. The Bertz CT molecular complexity index is 755. The van der Waals surface area contributed by atoms with Crippen LogP contribution in [0.15, 0.2) is 35.4 Å². The first-order chi connectivity index (χ1) is 9.96. The predicted octanol–water partition coefficient (Wildman–Crippen LogP) is 1.82. The van der Waals surface area contributed by atoms with Gasteiger partial charge in [0.1, 0.15) is 0 Å². The first kappa shape index (κ1) is 13.0. The lowest BCUT2D eigenvalue weighted by molar-refractivity contribution is 0.0722. The summed E-state index contributed by atoms with van der Waals surface area (Å²) in [6, 6.07) is 6.91. The molecule has 0 unspecified atom stereocenters.